The van der Waals surface area contributed by atoms with E-state index in [-0.39, 0.29) is 0 Å². The van der Waals surface area contributed by atoms with E-state index in [0.29, 0.717) is 11.4 Å². The Kier molecular flexibility index (Phi) is 12.9. The molecule has 6 nitrogen and oxygen atoms in total. The average Bonchev–Trinajstić information content (AvgIpc) is 2.72. The molecule has 2 unspecified atom stereocenters. The number of aromatic nitrogens is 1. The van der Waals surface area contributed by atoms with Gasteiger partial charge in [-0.15, -0.1) is 0 Å². The fraction of sp³-hybridized carbons (Fsp3) is 0.680. The smallest absolute Gasteiger partial charge is 0.408 e. The first kappa shape index (κ1) is 26.9. The molecule has 0 fully saturated rings. The molecule has 1 aromatic rings. The molecule has 1 heterocycles. The van der Waals surface area contributed by atoms with Crippen LogP contribution in [0.15, 0.2) is 18.2 Å². The monoisotopic (exact) mass is 432 g/mol. The van der Waals surface area contributed by atoms with Gasteiger partial charge in [-0.05, 0) is 45.2 Å². The Labute approximate surface area is 187 Å². The van der Waals surface area contributed by atoms with E-state index in [2.05, 4.69) is 29.1 Å². The zero-order valence-corrected chi connectivity index (χ0v) is 19.6. The van der Waals surface area contributed by atoms with Crippen molar-refractivity contribution in [2.75, 3.05) is 6.61 Å². The van der Waals surface area contributed by atoms with Crippen LogP contribution in [-0.4, -0.2) is 39.5 Å². The molecule has 0 bridgehead atoms. The van der Waals surface area contributed by atoms with Crippen molar-refractivity contribution in [3.05, 3.63) is 29.6 Å². The minimum absolute atomic E-state index is 0.342. The summed E-state index contributed by atoms with van der Waals surface area (Å²) in [7, 11) is 0. The van der Waals surface area contributed by atoms with E-state index in [9.17, 15) is 15.0 Å². The van der Waals surface area contributed by atoms with E-state index in [1.54, 1.807) is 39.0 Å². The maximum absolute atomic E-state index is 11.9. The van der Waals surface area contributed by atoms with Crippen molar-refractivity contribution in [3.63, 3.8) is 0 Å². The van der Waals surface area contributed by atoms with Crippen molar-refractivity contribution in [2.45, 2.75) is 103 Å². The number of nitrogens with zero attached hydrogens (tertiary/aromatic N) is 1. The predicted octanol–water partition coefficient (Wildman–Crippen LogP) is 4.88. The Morgan fingerprint density at radius 1 is 1.13 bits per heavy atom. The van der Waals surface area contributed by atoms with Crippen LogP contribution >= 0.6 is 0 Å². The molecule has 174 valence electrons. The highest BCUT2D eigenvalue weighted by Crippen LogP contribution is 2.16. The van der Waals surface area contributed by atoms with Gasteiger partial charge in [0, 0.05) is 6.42 Å². The molecule has 0 aliphatic heterocycles. The third-order valence-electron chi connectivity index (χ3n) is 4.73. The number of rotatable bonds is 12. The zero-order valence-electron chi connectivity index (χ0n) is 19.6. The molecule has 1 amide bonds. The summed E-state index contributed by atoms with van der Waals surface area (Å²) in [5.74, 6) is 6.19. The average molecular weight is 433 g/mol. The third kappa shape index (κ3) is 12.4. The van der Waals surface area contributed by atoms with Gasteiger partial charge in [0.05, 0.1) is 18.3 Å². The van der Waals surface area contributed by atoms with Gasteiger partial charge >= 0.3 is 6.09 Å². The first-order valence-corrected chi connectivity index (χ1v) is 11.5. The van der Waals surface area contributed by atoms with Crippen molar-refractivity contribution in [3.8, 4) is 11.8 Å². The molecule has 1 rings (SSSR count). The van der Waals surface area contributed by atoms with Gasteiger partial charge < -0.3 is 20.3 Å². The highest BCUT2D eigenvalue weighted by atomic mass is 16.6. The molecule has 0 aliphatic rings. The van der Waals surface area contributed by atoms with E-state index in [4.69, 9.17) is 4.74 Å². The van der Waals surface area contributed by atoms with E-state index in [1.165, 1.54) is 44.9 Å². The molecule has 0 spiro atoms. The maximum Gasteiger partial charge on any atom is 0.408 e. The lowest BCUT2D eigenvalue weighted by Crippen LogP contribution is -2.44. The van der Waals surface area contributed by atoms with Gasteiger partial charge in [-0.25, -0.2) is 9.78 Å². The molecule has 31 heavy (non-hydrogen) atoms. The maximum atomic E-state index is 11.9. The fourth-order valence-electron chi connectivity index (χ4n) is 3.08. The Morgan fingerprint density at radius 3 is 2.39 bits per heavy atom. The number of aliphatic hydroxyl groups excluding tert-OH is 2. The van der Waals surface area contributed by atoms with Crippen molar-refractivity contribution in [1.82, 2.24) is 10.3 Å². The molecular weight excluding hydrogens is 392 g/mol. The molecule has 0 saturated carbocycles. The highest BCUT2D eigenvalue weighted by Gasteiger charge is 2.26. The van der Waals surface area contributed by atoms with Crippen molar-refractivity contribution >= 4 is 6.09 Å². The summed E-state index contributed by atoms with van der Waals surface area (Å²) >= 11 is 0. The Balaban J connectivity index is 2.51. The molecule has 0 radical (unpaired) electrons. The number of alkyl carbamates (subject to hydrolysis) is 1. The number of carbonyl (C=O) groups excluding carboxylic acids is 1. The summed E-state index contributed by atoms with van der Waals surface area (Å²) in [6.45, 7) is 7.02. The van der Waals surface area contributed by atoms with E-state index in [1.807, 2.05) is 0 Å². The van der Waals surface area contributed by atoms with Crippen LogP contribution in [0.25, 0.3) is 0 Å². The van der Waals surface area contributed by atoms with Crippen LogP contribution in [0.3, 0.4) is 0 Å². The fourth-order valence-corrected chi connectivity index (χ4v) is 3.08. The molecule has 0 aromatic carbocycles. The van der Waals surface area contributed by atoms with Crippen molar-refractivity contribution < 1.29 is 19.7 Å². The van der Waals surface area contributed by atoms with Gasteiger partial charge in [-0.3, -0.25) is 0 Å². The number of ether oxygens (including phenoxy) is 1. The van der Waals surface area contributed by atoms with Gasteiger partial charge in [0.25, 0.3) is 0 Å². The predicted molar refractivity (Wildman–Crippen MR) is 124 cm³/mol. The molecule has 2 atom stereocenters. The van der Waals surface area contributed by atoms with Crippen LogP contribution in [0.1, 0.15) is 103 Å². The second kappa shape index (κ2) is 14.8. The standard InChI is InChI=1S/C25H40N2O4/c1-5-6-7-8-9-10-11-12-13-14-16-20-17-15-18-21(26-20)23(29)22(19-28)27-24(30)31-25(2,3)4/h15,17-18,22-23,28-29H,5-13,19H2,1-4H3,(H,27,30). The molecule has 0 saturated heterocycles. The first-order chi connectivity index (χ1) is 14.8. The van der Waals surface area contributed by atoms with Gasteiger partial charge in [-0.2, -0.15) is 0 Å². The molecule has 3 N–H and O–H groups in total. The van der Waals surface area contributed by atoms with Gasteiger partial charge in [-0.1, -0.05) is 63.9 Å². The molecule has 6 heteroatoms. The van der Waals surface area contributed by atoms with E-state index in [0.717, 1.165) is 12.8 Å². The van der Waals surface area contributed by atoms with Crippen LogP contribution in [0, 0.1) is 11.8 Å². The summed E-state index contributed by atoms with van der Waals surface area (Å²) in [6.07, 6.45) is 9.07. The lowest BCUT2D eigenvalue weighted by Gasteiger charge is -2.25. The van der Waals surface area contributed by atoms with Gasteiger partial charge in [0.1, 0.15) is 17.4 Å². The number of pyridine rings is 1. The number of nitrogens with one attached hydrogen (secondary N) is 1. The second-order valence-corrected chi connectivity index (χ2v) is 8.85. The zero-order chi connectivity index (χ0) is 23.1. The SMILES string of the molecule is CCCCCCCCCCC#Cc1cccc(C(O)C(CO)NC(=O)OC(C)(C)C)n1. The summed E-state index contributed by atoms with van der Waals surface area (Å²) < 4.78 is 5.18. The summed E-state index contributed by atoms with van der Waals surface area (Å²) in [4.78, 5) is 16.3. The van der Waals surface area contributed by atoms with Gasteiger partial charge in [0.15, 0.2) is 0 Å². The number of unbranched alkanes of at least 4 members (excludes halogenated alkanes) is 8. The second-order valence-electron chi connectivity index (χ2n) is 8.85. The summed E-state index contributed by atoms with van der Waals surface area (Å²) in [5.41, 5.74) is 0.233. The Hall–Kier alpha value is -2.10. The van der Waals surface area contributed by atoms with E-state index >= 15 is 0 Å². The van der Waals surface area contributed by atoms with E-state index < -0.39 is 30.4 Å². The minimum atomic E-state index is -1.17. The molecular formula is C25H40N2O4. The Morgan fingerprint density at radius 2 is 1.77 bits per heavy atom. The summed E-state index contributed by atoms with van der Waals surface area (Å²) in [5, 5.41) is 22.6. The number of hydrogen-bond acceptors (Lipinski definition) is 5. The number of carbonyl (C=O) groups is 1. The van der Waals surface area contributed by atoms with Crippen LogP contribution in [0.5, 0.6) is 0 Å². The largest absolute Gasteiger partial charge is 0.444 e. The lowest BCUT2D eigenvalue weighted by molar-refractivity contribution is 0.0343. The van der Waals surface area contributed by atoms with Crippen LogP contribution in [0.4, 0.5) is 4.79 Å². The van der Waals surface area contributed by atoms with Crippen LogP contribution in [0.2, 0.25) is 0 Å². The number of aliphatic hydroxyl groups is 2. The lowest BCUT2D eigenvalue weighted by atomic mass is 10.1. The Bertz CT molecular complexity index is 703. The van der Waals surface area contributed by atoms with Gasteiger partial charge in [0.2, 0.25) is 0 Å². The van der Waals surface area contributed by atoms with Crippen LogP contribution < -0.4 is 5.32 Å². The van der Waals surface area contributed by atoms with Crippen molar-refractivity contribution in [2.24, 2.45) is 0 Å². The number of amides is 1. The minimum Gasteiger partial charge on any atom is -0.444 e. The topological polar surface area (TPSA) is 91.7 Å². The molecule has 1 aromatic heterocycles. The summed E-state index contributed by atoms with van der Waals surface area (Å²) in [6, 6.07) is 4.26. The van der Waals surface area contributed by atoms with Crippen molar-refractivity contribution in [1.29, 1.82) is 0 Å². The third-order valence-corrected chi connectivity index (χ3v) is 4.73. The van der Waals surface area contributed by atoms with Crippen LogP contribution in [-0.2, 0) is 4.74 Å². The first-order valence-electron chi connectivity index (χ1n) is 11.5. The number of hydrogen-bond donors (Lipinski definition) is 3. The normalized spacial score (nSPS) is 13.1. The molecule has 0 aliphatic carbocycles. The quantitative estimate of drug-likeness (QED) is 0.323. The highest BCUT2D eigenvalue weighted by molar-refractivity contribution is 5.68.